The van der Waals surface area contributed by atoms with Crippen molar-refractivity contribution in [2.75, 3.05) is 13.1 Å². The molecule has 3 nitrogen and oxygen atoms in total. The van der Waals surface area contributed by atoms with E-state index in [1.165, 1.54) is 49.4 Å². The van der Waals surface area contributed by atoms with Crippen molar-refractivity contribution in [3.8, 4) is 0 Å². The van der Waals surface area contributed by atoms with Gasteiger partial charge in [0.15, 0.2) is 0 Å². The molecule has 0 spiro atoms. The van der Waals surface area contributed by atoms with Crippen LogP contribution in [0.5, 0.6) is 0 Å². The fourth-order valence-corrected chi connectivity index (χ4v) is 3.92. The van der Waals surface area contributed by atoms with E-state index in [9.17, 15) is 0 Å². The highest BCUT2D eigenvalue weighted by molar-refractivity contribution is 7.09. The predicted octanol–water partition coefficient (Wildman–Crippen LogP) is 4.04. The number of nitrogens with one attached hydrogen (secondary N) is 1. The minimum atomic E-state index is 0.731. The van der Waals surface area contributed by atoms with Gasteiger partial charge in [0.05, 0.1) is 5.69 Å². The predicted molar refractivity (Wildman–Crippen MR) is 91.6 cm³/mol. The molecule has 0 amide bonds. The topological polar surface area (TPSA) is 28.2 Å². The van der Waals surface area contributed by atoms with Crippen LogP contribution in [0.4, 0.5) is 0 Å². The Morgan fingerprint density at radius 2 is 2.14 bits per heavy atom. The minimum Gasteiger partial charge on any atom is -0.310 e. The zero-order valence-electron chi connectivity index (χ0n) is 13.9. The number of rotatable bonds is 9. The van der Waals surface area contributed by atoms with Crippen molar-refractivity contribution in [3.63, 3.8) is 0 Å². The normalized spacial score (nSPS) is 16.4. The van der Waals surface area contributed by atoms with Crippen LogP contribution < -0.4 is 5.32 Å². The van der Waals surface area contributed by atoms with Crippen LogP contribution in [0.2, 0.25) is 0 Å². The molecule has 1 N–H and O–H groups in total. The molecule has 1 saturated carbocycles. The summed E-state index contributed by atoms with van der Waals surface area (Å²) in [6.07, 6.45) is 6.75. The Labute approximate surface area is 134 Å². The Morgan fingerprint density at radius 3 is 2.81 bits per heavy atom. The molecule has 0 unspecified atom stereocenters. The summed E-state index contributed by atoms with van der Waals surface area (Å²) >= 11 is 1.80. The Bertz CT molecular complexity index is 396. The van der Waals surface area contributed by atoms with Crippen molar-refractivity contribution >= 4 is 11.3 Å². The smallest absolute Gasteiger partial charge is 0.107 e. The molecule has 0 radical (unpaired) electrons. The van der Waals surface area contributed by atoms with Crippen LogP contribution in [0, 0.1) is 5.92 Å². The molecule has 0 aromatic carbocycles. The van der Waals surface area contributed by atoms with E-state index in [2.05, 4.69) is 36.4 Å². The number of hydrogen-bond donors (Lipinski definition) is 1. The first-order valence-electron chi connectivity index (χ1n) is 8.57. The zero-order valence-corrected chi connectivity index (χ0v) is 14.7. The fourth-order valence-electron chi connectivity index (χ4n) is 3.16. The van der Waals surface area contributed by atoms with Gasteiger partial charge in [-0.25, -0.2) is 4.98 Å². The molecule has 1 heterocycles. The number of nitrogens with zero attached hydrogens (tertiary/aromatic N) is 2. The number of hydrogen-bond acceptors (Lipinski definition) is 4. The van der Waals surface area contributed by atoms with Gasteiger partial charge in [-0.1, -0.05) is 33.6 Å². The van der Waals surface area contributed by atoms with Crippen molar-refractivity contribution < 1.29 is 0 Å². The second-order valence-electron chi connectivity index (χ2n) is 6.67. The summed E-state index contributed by atoms with van der Waals surface area (Å²) in [4.78, 5) is 7.49. The molecule has 1 fully saturated rings. The molecule has 0 bridgehead atoms. The third-order valence-corrected chi connectivity index (χ3v) is 5.01. The maximum Gasteiger partial charge on any atom is 0.107 e. The van der Waals surface area contributed by atoms with Gasteiger partial charge in [-0.15, -0.1) is 11.3 Å². The van der Waals surface area contributed by atoms with Crippen LogP contribution in [0.3, 0.4) is 0 Å². The lowest BCUT2D eigenvalue weighted by molar-refractivity contribution is 0.167. The SMILES string of the molecule is CCCNCc1nc(CN(CC(C)C)C2CCCC2)cs1. The van der Waals surface area contributed by atoms with Crippen molar-refractivity contribution in [1.29, 1.82) is 0 Å². The first-order valence-corrected chi connectivity index (χ1v) is 9.45. The molecule has 0 atom stereocenters. The molecule has 21 heavy (non-hydrogen) atoms. The molecule has 1 aliphatic rings. The molecule has 120 valence electrons. The van der Waals surface area contributed by atoms with Gasteiger partial charge in [0.1, 0.15) is 5.01 Å². The van der Waals surface area contributed by atoms with Crippen molar-refractivity contribution in [2.45, 2.75) is 72.0 Å². The maximum absolute atomic E-state index is 4.81. The van der Waals surface area contributed by atoms with Gasteiger partial charge in [-0.05, 0) is 31.7 Å². The van der Waals surface area contributed by atoms with Gasteiger partial charge in [-0.3, -0.25) is 4.90 Å². The van der Waals surface area contributed by atoms with Crippen LogP contribution in [-0.2, 0) is 13.1 Å². The van der Waals surface area contributed by atoms with Crippen LogP contribution in [-0.4, -0.2) is 29.0 Å². The van der Waals surface area contributed by atoms with E-state index >= 15 is 0 Å². The summed E-state index contributed by atoms with van der Waals surface area (Å²) < 4.78 is 0. The maximum atomic E-state index is 4.81. The van der Waals surface area contributed by atoms with E-state index in [0.29, 0.717) is 0 Å². The van der Waals surface area contributed by atoms with Gasteiger partial charge < -0.3 is 5.32 Å². The summed E-state index contributed by atoms with van der Waals surface area (Å²) in [5, 5.41) is 6.93. The largest absolute Gasteiger partial charge is 0.310 e. The van der Waals surface area contributed by atoms with Gasteiger partial charge in [0.2, 0.25) is 0 Å². The number of aromatic nitrogens is 1. The van der Waals surface area contributed by atoms with Crippen LogP contribution >= 0.6 is 11.3 Å². The van der Waals surface area contributed by atoms with Gasteiger partial charge in [0, 0.05) is 31.1 Å². The van der Waals surface area contributed by atoms with E-state index in [1.807, 2.05) is 0 Å². The molecule has 0 saturated heterocycles. The van der Waals surface area contributed by atoms with E-state index in [0.717, 1.165) is 31.6 Å². The summed E-state index contributed by atoms with van der Waals surface area (Å²) in [5.41, 5.74) is 1.26. The lowest BCUT2D eigenvalue weighted by Crippen LogP contribution is -2.35. The first kappa shape index (κ1) is 16.9. The third kappa shape index (κ3) is 5.68. The quantitative estimate of drug-likeness (QED) is 0.698. The van der Waals surface area contributed by atoms with Gasteiger partial charge in [0.25, 0.3) is 0 Å². The van der Waals surface area contributed by atoms with E-state index < -0.39 is 0 Å². The average Bonchev–Trinajstić information content (AvgIpc) is 3.09. The van der Waals surface area contributed by atoms with Crippen LogP contribution in [0.15, 0.2) is 5.38 Å². The summed E-state index contributed by atoms with van der Waals surface area (Å²) in [7, 11) is 0. The number of thiazole rings is 1. The van der Waals surface area contributed by atoms with E-state index in [4.69, 9.17) is 4.98 Å². The molecule has 4 heteroatoms. The van der Waals surface area contributed by atoms with Gasteiger partial charge >= 0.3 is 0 Å². The average molecular weight is 310 g/mol. The molecule has 1 aliphatic carbocycles. The summed E-state index contributed by atoms with van der Waals surface area (Å²) in [6, 6.07) is 0.788. The summed E-state index contributed by atoms with van der Waals surface area (Å²) in [6.45, 7) is 11.1. The Hall–Kier alpha value is -0.450. The standard InChI is InChI=1S/C17H31N3S/c1-4-9-18-10-17-19-15(13-21-17)12-20(11-14(2)3)16-7-5-6-8-16/h13-14,16,18H,4-12H2,1-3H3. The fraction of sp³-hybridized carbons (Fsp3) is 0.824. The summed E-state index contributed by atoms with van der Waals surface area (Å²) in [5.74, 6) is 0.731. The molecule has 1 aromatic rings. The Morgan fingerprint density at radius 1 is 1.38 bits per heavy atom. The second-order valence-corrected chi connectivity index (χ2v) is 7.61. The van der Waals surface area contributed by atoms with Crippen molar-refractivity contribution in [3.05, 3.63) is 16.1 Å². The van der Waals surface area contributed by atoms with Crippen molar-refractivity contribution in [2.24, 2.45) is 5.92 Å². The zero-order chi connectivity index (χ0) is 15.1. The molecule has 1 aromatic heterocycles. The van der Waals surface area contributed by atoms with E-state index in [-0.39, 0.29) is 0 Å². The van der Waals surface area contributed by atoms with Crippen LogP contribution in [0.1, 0.15) is 63.6 Å². The second kappa shape index (κ2) is 8.86. The third-order valence-electron chi connectivity index (χ3n) is 4.11. The monoisotopic (exact) mass is 309 g/mol. The highest BCUT2D eigenvalue weighted by Gasteiger charge is 2.23. The minimum absolute atomic E-state index is 0.731. The molecular weight excluding hydrogens is 278 g/mol. The lowest BCUT2D eigenvalue weighted by atomic mass is 10.1. The van der Waals surface area contributed by atoms with Gasteiger partial charge in [-0.2, -0.15) is 0 Å². The highest BCUT2D eigenvalue weighted by Crippen LogP contribution is 2.26. The lowest BCUT2D eigenvalue weighted by Gasteiger charge is -2.29. The molecule has 0 aliphatic heterocycles. The van der Waals surface area contributed by atoms with Crippen molar-refractivity contribution in [1.82, 2.24) is 15.2 Å². The van der Waals surface area contributed by atoms with E-state index in [1.54, 1.807) is 11.3 Å². The molecule has 2 rings (SSSR count). The Balaban J connectivity index is 1.89. The van der Waals surface area contributed by atoms with Crippen LogP contribution in [0.25, 0.3) is 0 Å². The molecular formula is C17H31N3S. The first-order chi connectivity index (χ1) is 10.2. The Kier molecular flexibility index (Phi) is 7.14. The highest BCUT2D eigenvalue weighted by atomic mass is 32.1.